The van der Waals surface area contributed by atoms with Gasteiger partial charge in [-0.1, -0.05) is 0 Å². The molecular weight excluding hydrogens is 276 g/mol. The Bertz CT molecular complexity index is 510. The van der Waals surface area contributed by atoms with Crippen molar-refractivity contribution >= 4 is 5.78 Å². The van der Waals surface area contributed by atoms with Crippen molar-refractivity contribution in [2.45, 2.75) is 47.0 Å². The molecule has 0 radical (unpaired) electrons. The van der Waals surface area contributed by atoms with E-state index in [0.29, 0.717) is 5.41 Å². The molecule has 0 N–H and O–H groups in total. The Kier molecular flexibility index (Phi) is 4.32. The molecule has 0 bridgehead atoms. The molecule has 0 saturated carbocycles. The first-order valence-electron chi connectivity index (χ1n) is 6.78. The van der Waals surface area contributed by atoms with Gasteiger partial charge in [-0.05, 0) is 0 Å². The van der Waals surface area contributed by atoms with Crippen molar-refractivity contribution in [1.82, 2.24) is 0 Å². The zero-order valence-corrected chi connectivity index (χ0v) is 13.3. The molecule has 19 heavy (non-hydrogen) atoms. The molecule has 104 valence electrons. The fourth-order valence-electron chi connectivity index (χ4n) is 2.33. The molecule has 0 atom stereocenters. The third kappa shape index (κ3) is 3.81. The monoisotopic (exact) mass is 298 g/mol. The Balaban J connectivity index is 2.17. The summed E-state index contributed by atoms with van der Waals surface area (Å²) < 4.78 is 2.81. The second-order valence-corrected chi connectivity index (χ2v) is 7.92. The van der Waals surface area contributed by atoms with Gasteiger partial charge in [0.1, 0.15) is 0 Å². The van der Waals surface area contributed by atoms with Crippen LogP contribution in [-0.2, 0) is 19.8 Å². The SMILES string of the molecule is CC(=O)C1=[C]([Fe][C]2=C(CC(C)(C)C)C=CC2)CC=C1. The van der Waals surface area contributed by atoms with Crippen molar-refractivity contribution < 1.29 is 19.8 Å². The molecule has 2 aliphatic rings. The molecule has 2 aliphatic carbocycles. The summed E-state index contributed by atoms with van der Waals surface area (Å²) in [5.74, 6) is 0.202. The number of ketones is 1. The Hall–Kier alpha value is -0.851. The number of carbonyl (C=O) groups excluding carboxylic acids is 1. The second kappa shape index (κ2) is 5.64. The summed E-state index contributed by atoms with van der Waals surface area (Å²) in [6.45, 7) is 8.51. The third-order valence-corrected chi connectivity index (χ3v) is 4.90. The Morgan fingerprint density at radius 2 is 1.79 bits per heavy atom. The zero-order chi connectivity index (χ0) is 14.0. The molecule has 1 nitrogen and oxygen atoms in total. The third-order valence-electron chi connectivity index (χ3n) is 3.13. The summed E-state index contributed by atoms with van der Waals surface area (Å²) in [6.07, 6.45) is 11.8. The van der Waals surface area contributed by atoms with Crippen LogP contribution in [0.2, 0.25) is 0 Å². The Morgan fingerprint density at radius 3 is 2.42 bits per heavy atom. The van der Waals surface area contributed by atoms with Crippen LogP contribution >= 0.6 is 0 Å². The van der Waals surface area contributed by atoms with Gasteiger partial charge in [-0.15, -0.1) is 0 Å². The zero-order valence-electron chi connectivity index (χ0n) is 12.2. The molecule has 0 aromatic heterocycles. The fraction of sp³-hybridized carbons (Fsp3) is 0.471. The normalized spacial score (nSPS) is 19.2. The molecule has 0 heterocycles. The predicted octanol–water partition coefficient (Wildman–Crippen LogP) is 4.52. The predicted molar refractivity (Wildman–Crippen MR) is 76.3 cm³/mol. The topological polar surface area (TPSA) is 17.1 Å². The minimum atomic E-state index is 0.202. The molecule has 0 aromatic rings. The van der Waals surface area contributed by atoms with Gasteiger partial charge in [-0.2, -0.15) is 0 Å². The molecule has 0 aromatic carbocycles. The van der Waals surface area contributed by atoms with Gasteiger partial charge in [0.25, 0.3) is 0 Å². The van der Waals surface area contributed by atoms with E-state index in [1.54, 1.807) is 6.92 Å². The van der Waals surface area contributed by atoms with Crippen LogP contribution in [-0.4, -0.2) is 5.78 Å². The van der Waals surface area contributed by atoms with Crippen LogP contribution in [0.1, 0.15) is 47.0 Å². The Morgan fingerprint density at radius 1 is 1.16 bits per heavy atom. The van der Waals surface area contributed by atoms with E-state index in [4.69, 9.17) is 0 Å². The fourth-order valence-corrected chi connectivity index (χ4v) is 4.02. The molecule has 0 fully saturated rings. The van der Waals surface area contributed by atoms with Crippen LogP contribution in [0.15, 0.2) is 44.4 Å². The van der Waals surface area contributed by atoms with Crippen molar-refractivity contribution in [3.63, 3.8) is 0 Å². The molecule has 0 unspecified atom stereocenters. The van der Waals surface area contributed by atoms with Crippen molar-refractivity contribution in [1.29, 1.82) is 0 Å². The van der Waals surface area contributed by atoms with Crippen LogP contribution in [0, 0.1) is 5.41 Å². The van der Waals surface area contributed by atoms with Gasteiger partial charge in [0.05, 0.1) is 0 Å². The minimum absolute atomic E-state index is 0.202. The summed E-state index contributed by atoms with van der Waals surface area (Å²) in [7, 11) is 0. The van der Waals surface area contributed by atoms with Crippen molar-refractivity contribution in [3.8, 4) is 0 Å². The van der Waals surface area contributed by atoms with Gasteiger partial charge in [-0.25, -0.2) is 0 Å². The van der Waals surface area contributed by atoms with Crippen LogP contribution < -0.4 is 0 Å². The van der Waals surface area contributed by atoms with Gasteiger partial charge in [0, 0.05) is 0 Å². The van der Waals surface area contributed by atoms with Crippen LogP contribution in [0.5, 0.6) is 0 Å². The number of hydrogen-bond acceptors (Lipinski definition) is 1. The van der Waals surface area contributed by atoms with Crippen molar-refractivity contribution in [2.75, 3.05) is 0 Å². The number of carbonyl (C=O) groups is 1. The number of allylic oxidation sites excluding steroid dienone is 8. The van der Waals surface area contributed by atoms with E-state index in [1.165, 1.54) is 14.5 Å². The maximum atomic E-state index is 11.6. The van der Waals surface area contributed by atoms with Gasteiger partial charge in [0.15, 0.2) is 0 Å². The average Bonchev–Trinajstić information content (AvgIpc) is 2.87. The summed E-state index contributed by atoms with van der Waals surface area (Å²) >= 11 is 0.973. The number of Topliss-reactive ketones (excluding diaryl/α,β-unsaturated/α-hetero) is 1. The molecule has 0 amide bonds. The molecule has 0 aliphatic heterocycles. The molecular formula is C17H22FeO. The van der Waals surface area contributed by atoms with Crippen LogP contribution in [0.4, 0.5) is 0 Å². The van der Waals surface area contributed by atoms with Crippen LogP contribution in [0.3, 0.4) is 0 Å². The van der Waals surface area contributed by atoms with E-state index < -0.39 is 0 Å². The van der Waals surface area contributed by atoms with E-state index in [2.05, 4.69) is 39.0 Å². The quantitative estimate of drug-likeness (QED) is 0.697. The molecule has 2 rings (SSSR count). The van der Waals surface area contributed by atoms with E-state index in [0.717, 1.165) is 39.8 Å². The van der Waals surface area contributed by atoms with Gasteiger partial charge in [-0.3, -0.25) is 0 Å². The first-order chi connectivity index (χ1) is 8.87. The Labute approximate surface area is 122 Å². The van der Waals surface area contributed by atoms with Gasteiger partial charge < -0.3 is 0 Å². The van der Waals surface area contributed by atoms with E-state index in [1.807, 2.05) is 6.08 Å². The van der Waals surface area contributed by atoms with E-state index in [9.17, 15) is 4.79 Å². The summed E-state index contributed by atoms with van der Waals surface area (Å²) in [4.78, 5) is 11.6. The first-order valence-corrected chi connectivity index (χ1v) is 7.89. The maximum absolute atomic E-state index is 11.6. The van der Waals surface area contributed by atoms with Gasteiger partial charge >= 0.3 is 122 Å². The molecule has 0 saturated heterocycles. The molecule has 0 spiro atoms. The second-order valence-electron chi connectivity index (χ2n) is 6.31. The molecule has 2 heteroatoms. The summed E-state index contributed by atoms with van der Waals surface area (Å²) in [5, 5.41) is 0. The van der Waals surface area contributed by atoms with Crippen molar-refractivity contribution in [2.24, 2.45) is 5.41 Å². The van der Waals surface area contributed by atoms with E-state index in [-0.39, 0.29) is 5.78 Å². The standard InChI is InChI=1S/C10H15.C7H7O.Fe/c1-10(2,3)8-9-6-4-5-7-9;1-6(8)7-4-2-3-5-7;/h4,6H,5,8H2,1-3H3;2,4H,3H2,1H3;. The average molecular weight is 298 g/mol. The number of rotatable bonds is 4. The summed E-state index contributed by atoms with van der Waals surface area (Å²) in [6, 6.07) is 0. The van der Waals surface area contributed by atoms with Crippen LogP contribution in [0.25, 0.3) is 0 Å². The van der Waals surface area contributed by atoms with Crippen molar-refractivity contribution in [3.05, 3.63) is 44.4 Å². The number of hydrogen-bond donors (Lipinski definition) is 0. The van der Waals surface area contributed by atoms with E-state index >= 15 is 0 Å². The summed E-state index contributed by atoms with van der Waals surface area (Å²) in [5.41, 5.74) is 2.74. The first kappa shape index (κ1) is 14.6. The van der Waals surface area contributed by atoms with Gasteiger partial charge in [0.2, 0.25) is 0 Å².